The fourth-order valence-electron chi connectivity index (χ4n) is 2.63. The van der Waals surface area contributed by atoms with E-state index in [-0.39, 0.29) is 0 Å². The molecule has 1 heteroatoms. The molecule has 0 aliphatic carbocycles. The Balaban J connectivity index is 3.30. The van der Waals surface area contributed by atoms with Gasteiger partial charge < -0.3 is 0 Å². The Morgan fingerprint density at radius 1 is 0.647 bits per heavy atom. The number of hydrogen-bond donors (Lipinski definition) is 0. The Hall–Kier alpha value is 0.0649. The summed E-state index contributed by atoms with van der Waals surface area (Å²) in [7, 11) is 1.40. The second kappa shape index (κ2) is 14.1. The van der Waals surface area contributed by atoms with Crippen LogP contribution in [0.25, 0.3) is 0 Å². The van der Waals surface area contributed by atoms with Gasteiger partial charge in [-0.3, -0.25) is 0 Å². The Morgan fingerprint density at radius 3 is 1.41 bits per heavy atom. The third kappa shape index (κ3) is 12.3. The predicted octanol–water partition coefficient (Wildman–Crippen LogP) is 5.98. The zero-order chi connectivity index (χ0) is 12.8. The fraction of sp³-hybridized carbons (Fsp3) is 1.00. The van der Waals surface area contributed by atoms with E-state index in [4.69, 9.17) is 0 Å². The van der Waals surface area contributed by atoms with Gasteiger partial charge in [-0.1, -0.05) is 104 Å². The minimum Gasteiger partial charge on any atom is -0.0891 e. The first kappa shape index (κ1) is 17.1. The van der Waals surface area contributed by atoms with Crippen molar-refractivity contribution in [2.45, 2.75) is 104 Å². The monoisotopic (exact) mass is 238 g/mol. The molecule has 0 bridgehead atoms. The zero-order valence-electron chi connectivity index (χ0n) is 12.8. The van der Waals surface area contributed by atoms with E-state index in [0.29, 0.717) is 0 Å². The van der Waals surface area contributed by atoms with Crippen LogP contribution < -0.4 is 0 Å². The molecule has 0 atom stereocenters. The standard InChI is InChI=1S/C16H35B/c1-4-6-8-10-12-14-16(17-3)15-13-11-9-7-5-2/h16-17H,4-15H2,1-3H3. The minimum atomic E-state index is 1.03. The molecule has 0 aromatic carbocycles. The molecule has 0 nitrogen and oxygen atoms in total. The van der Waals surface area contributed by atoms with Crippen molar-refractivity contribution < 1.29 is 0 Å². The van der Waals surface area contributed by atoms with Crippen LogP contribution in [0.2, 0.25) is 12.6 Å². The van der Waals surface area contributed by atoms with Gasteiger partial charge in [-0.2, -0.15) is 0 Å². The lowest BCUT2D eigenvalue weighted by Crippen LogP contribution is -2.00. The van der Waals surface area contributed by atoms with Crippen molar-refractivity contribution in [2.75, 3.05) is 0 Å². The van der Waals surface area contributed by atoms with Crippen molar-refractivity contribution in [2.24, 2.45) is 0 Å². The van der Waals surface area contributed by atoms with Crippen LogP contribution in [-0.4, -0.2) is 7.28 Å². The van der Waals surface area contributed by atoms with Gasteiger partial charge in [0.15, 0.2) is 0 Å². The van der Waals surface area contributed by atoms with Gasteiger partial charge in [-0.05, 0) is 0 Å². The minimum absolute atomic E-state index is 1.03. The van der Waals surface area contributed by atoms with E-state index in [1.54, 1.807) is 0 Å². The summed E-state index contributed by atoms with van der Waals surface area (Å²) in [6.07, 6.45) is 17.4. The molecule has 0 radical (unpaired) electrons. The SMILES string of the molecule is CBC(CCCCCCC)CCCCCCC. The Bertz CT molecular complexity index is 119. The Morgan fingerprint density at radius 2 is 1.06 bits per heavy atom. The van der Waals surface area contributed by atoms with Gasteiger partial charge >= 0.3 is 0 Å². The van der Waals surface area contributed by atoms with Crippen LogP contribution in [0.1, 0.15) is 90.9 Å². The fourth-order valence-corrected chi connectivity index (χ4v) is 2.63. The van der Waals surface area contributed by atoms with Gasteiger partial charge in [-0.25, -0.2) is 0 Å². The number of hydrogen-bond acceptors (Lipinski definition) is 0. The molecule has 0 fully saturated rings. The van der Waals surface area contributed by atoms with E-state index in [2.05, 4.69) is 20.7 Å². The Kier molecular flexibility index (Phi) is 14.2. The lowest BCUT2D eigenvalue weighted by atomic mass is 9.63. The molecule has 0 aliphatic rings. The highest BCUT2D eigenvalue weighted by atomic mass is 14.0. The molecule has 0 rings (SSSR count). The Labute approximate surface area is 111 Å². The van der Waals surface area contributed by atoms with E-state index in [9.17, 15) is 0 Å². The highest BCUT2D eigenvalue weighted by Crippen LogP contribution is 2.22. The van der Waals surface area contributed by atoms with Crippen LogP contribution in [0.5, 0.6) is 0 Å². The van der Waals surface area contributed by atoms with E-state index in [1.165, 1.54) is 84.3 Å². The van der Waals surface area contributed by atoms with Crippen molar-refractivity contribution in [3.05, 3.63) is 0 Å². The van der Waals surface area contributed by atoms with Crippen LogP contribution in [0, 0.1) is 0 Å². The van der Waals surface area contributed by atoms with Gasteiger partial charge in [0.2, 0.25) is 0 Å². The molecule has 0 amide bonds. The second-order valence-corrected chi connectivity index (χ2v) is 5.68. The third-order valence-electron chi connectivity index (χ3n) is 4.01. The van der Waals surface area contributed by atoms with Crippen LogP contribution in [0.4, 0.5) is 0 Å². The molecule has 0 unspecified atom stereocenters. The average Bonchev–Trinajstić information content (AvgIpc) is 2.36. The average molecular weight is 238 g/mol. The zero-order valence-corrected chi connectivity index (χ0v) is 12.8. The predicted molar refractivity (Wildman–Crippen MR) is 83.5 cm³/mol. The first-order valence-corrected chi connectivity index (χ1v) is 8.35. The molecular formula is C16H35B. The van der Waals surface area contributed by atoms with Gasteiger partial charge in [0.25, 0.3) is 0 Å². The lowest BCUT2D eigenvalue weighted by molar-refractivity contribution is 0.540. The van der Waals surface area contributed by atoms with Crippen LogP contribution in [0.3, 0.4) is 0 Å². The van der Waals surface area contributed by atoms with E-state index in [1.807, 2.05) is 0 Å². The second-order valence-electron chi connectivity index (χ2n) is 5.68. The van der Waals surface area contributed by atoms with Gasteiger partial charge in [0.1, 0.15) is 7.28 Å². The summed E-state index contributed by atoms with van der Waals surface area (Å²) in [5, 5.41) is 0. The molecule has 0 spiro atoms. The van der Waals surface area contributed by atoms with Crippen LogP contribution >= 0.6 is 0 Å². The first-order valence-electron chi connectivity index (χ1n) is 8.35. The molecule has 0 aromatic rings. The normalized spacial score (nSPS) is 11.1. The van der Waals surface area contributed by atoms with E-state index >= 15 is 0 Å². The third-order valence-corrected chi connectivity index (χ3v) is 4.01. The van der Waals surface area contributed by atoms with E-state index in [0.717, 1.165) is 5.82 Å². The van der Waals surface area contributed by atoms with Crippen molar-refractivity contribution in [3.8, 4) is 0 Å². The smallest absolute Gasteiger partial charge is 0.0891 e. The van der Waals surface area contributed by atoms with Gasteiger partial charge in [-0.15, -0.1) is 0 Å². The molecule has 0 saturated carbocycles. The summed E-state index contributed by atoms with van der Waals surface area (Å²) >= 11 is 0. The van der Waals surface area contributed by atoms with Gasteiger partial charge in [0, 0.05) is 0 Å². The molecule has 0 heterocycles. The topological polar surface area (TPSA) is 0 Å². The molecule has 0 saturated heterocycles. The maximum atomic E-state index is 2.38. The number of unbranched alkanes of at least 4 members (excludes halogenated alkanes) is 8. The summed E-state index contributed by atoms with van der Waals surface area (Å²) in [6.45, 7) is 6.97. The largest absolute Gasteiger partial charge is 0.120 e. The summed E-state index contributed by atoms with van der Waals surface area (Å²) in [6, 6.07) is 0. The summed E-state index contributed by atoms with van der Waals surface area (Å²) in [5.41, 5.74) is 0. The summed E-state index contributed by atoms with van der Waals surface area (Å²) in [4.78, 5) is 0. The molecule has 0 N–H and O–H groups in total. The molecule has 102 valence electrons. The van der Waals surface area contributed by atoms with Crippen LogP contribution in [-0.2, 0) is 0 Å². The summed E-state index contributed by atoms with van der Waals surface area (Å²) in [5.74, 6) is 1.03. The quantitative estimate of drug-likeness (QED) is 0.273. The molecule has 0 aliphatic heterocycles. The first-order chi connectivity index (χ1) is 8.35. The van der Waals surface area contributed by atoms with Crippen molar-refractivity contribution >= 4 is 7.28 Å². The molecule has 0 aromatic heterocycles. The summed E-state index contributed by atoms with van der Waals surface area (Å²) < 4.78 is 0. The van der Waals surface area contributed by atoms with Crippen molar-refractivity contribution in [1.82, 2.24) is 0 Å². The van der Waals surface area contributed by atoms with Crippen molar-refractivity contribution in [3.63, 3.8) is 0 Å². The van der Waals surface area contributed by atoms with Gasteiger partial charge in [0.05, 0.1) is 0 Å². The maximum Gasteiger partial charge on any atom is 0.120 e. The molecule has 17 heavy (non-hydrogen) atoms. The van der Waals surface area contributed by atoms with Crippen molar-refractivity contribution in [1.29, 1.82) is 0 Å². The lowest BCUT2D eigenvalue weighted by Gasteiger charge is -2.13. The maximum absolute atomic E-state index is 2.38. The molecular weight excluding hydrogens is 203 g/mol. The highest BCUT2D eigenvalue weighted by Gasteiger charge is 2.06. The highest BCUT2D eigenvalue weighted by molar-refractivity contribution is 6.35. The number of rotatable bonds is 13. The van der Waals surface area contributed by atoms with Crippen LogP contribution in [0.15, 0.2) is 0 Å². The van der Waals surface area contributed by atoms with E-state index < -0.39 is 0 Å².